The number of carbonyl (C=O) groups is 4. The van der Waals surface area contributed by atoms with Gasteiger partial charge >= 0.3 is 23.9 Å². The zero-order valence-electron chi connectivity index (χ0n) is 29.8. The first-order valence-corrected chi connectivity index (χ1v) is 15.8. The number of nitrogens with zero attached hydrogens (tertiary/aromatic N) is 3. The molecule has 0 spiro atoms. The number of hydrogen-bond acceptors (Lipinski definition) is 15. The van der Waals surface area contributed by atoms with Gasteiger partial charge in [-0.1, -0.05) is 30.3 Å². The number of nitrogens with one attached hydrogen (secondary N) is 1. The van der Waals surface area contributed by atoms with Crippen LogP contribution < -0.4 is 27.9 Å². The van der Waals surface area contributed by atoms with E-state index < -0.39 is 45.6 Å². The third-order valence-electron chi connectivity index (χ3n) is 7.86. The molecule has 5 N–H and O–H groups in total. The molecule has 2 aromatic heterocycles. The Labute approximate surface area is 311 Å². The average Bonchev–Trinajstić information content (AvgIpc) is 3.19. The van der Waals surface area contributed by atoms with Crippen LogP contribution in [0.3, 0.4) is 0 Å². The number of rotatable bonds is 10. The maximum atomic E-state index is 12.8. The van der Waals surface area contributed by atoms with Crippen LogP contribution in [-0.4, -0.2) is 66.4 Å². The highest BCUT2D eigenvalue weighted by Crippen LogP contribution is 2.25. The maximum absolute atomic E-state index is 12.8. The summed E-state index contributed by atoms with van der Waals surface area (Å²) in [6.07, 6.45) is 2.49. The average molecular weight is 755 g/mol. The van der Waals surface area contributed by atoms with Gasteiger partial charge in [0.2, 0.25) is 0 Å². The van der Waals surface area contributed by atoms with Gasteiger partial charge in [0.1, 0.15) is 5.56 Å². The summed E-state index contributed by atoms with van der Waals surface area (Å²) in [5, 5.41) is 14.5. The Bertz CT molecular complexity index is 2410. The largest absolute Gasteiger partial charge is 0.465 e. The highest BCUT2D eigenvalue weighted by Gasteiger charge is 2.23. The van der Waals surface area contributed by atoms with Crippen LogP contribution in [0.5, 0.6) is 0 Å². The first-order chi connectivity index (χ1) is 26.2. The summed E-state index contributed by atoms with van der Waals surface area (Å²) in [6.45, 7) is 0.355. The number of benzene rings is 3. The molecule has 0 unspecified atom stereocenters. The minimum Gasteiger partial charge on any atom is -0.465 e. The lowest BCUT2D eigenvalue weighted by molar-refractivity contribution is -0.385. The Balaban J connectivity index is 0.000000258. The van der Waals surface area contributed by atoms with E-state index in [2.05, 4.69) is 19.5 Å². The number of nitro benzene ring substituents is 1. The summed E-state index contributed by atoms with van der Waals surface area (Å²) >= 11 is 0. The molecule has 5 aromatic rings. The van der Waals surface area contributed by atoms with E-state index >= 15 is 0 Å². The van der Waals surface area contributed by atoms with Crippen LogP contribution in [0.2, 0.25) is 0 Å². The SMILES string of the molecule is COC(=O)c1ccc(-n2cc(C(=O)OC)c(N)cc2=O)cc1N.COC(=O)c1cn(-c2ccc(C(=O)OC)c([N+](=O)[O-])c2)c(=O)cc1NCc1ccccc1. The number of methoxy groups -OCH3 is 4. The van der Waals surface area contributed by atoms with E-state index in [1.54, 1.807) is 0 Å². The number of aromatic nitrogens is 2. The third-order valence-corrected chi connectivity index (χ3v) is 7.86. The number of ether oxygens (including phenoxy) is 4. The predicted molar refractivity (Wildman–Crippen MR) is 199 cm³/mol. The van der Waals surface area contributed by atoms with E-state index in [1.165, 1.54) is 74.7 Å². The second-order valence-corrected chi connectivity index (χ2v) is 11.2. The topological polar surface area (TPSA) is 256 Å². The van der Waals surface area contributed by atoms with Gasteiger partial charge in [0, 0.05) is 42.8 Å². The molecular formula is C37H34N6O12. The van der Waals surface area contributed by atoms with Crippen LogP contribution in [0.15, 0.2) is 101 Å². The highest BCUT2D eigenvalue weighted by atomic mass is 16.6. The molecule has 0 saturated carbocycles. The normalized spacial score (nSPS) is 10.3. The van der Waals surface area contributed by atoms with Crippen LogP contribution in [0, 0.1) is 10.1 Å². The fraction of sp³-hybridized carbons (Fsp3) is 0.135. The zero-order chi connectivity index (χ0) is 40.4. The molecule has 0 amide bonds. The maximum Gasteiger partial charge on any atom is 0.344 e. The number of hydrogen-bond donors (Lipinski definition) is 3. The van der Waals surface area contributed by atoms with Crippen molar-refractivity contribution in [3.8, 4) is 11.4 Å². The number of carbonyl (C=O) groups excluding carboxylic acids is 4. The van der Waals surface area contributed by atoms with Gasteiger partial charge in [0.25, 0.3) is 16.8 Å². The van der Waals surface area contributed by atoms with Crippen molar-refractivity contribution in [2.24, 2.45) is 0 Å². The zero-order valence-corrected chi connectivity index (χ0v) is 29.8. The Morgan fingerprint density at radius 1 is 0.636 bits per heavy atom. The first-order valence-electron chi connectivity index (χ1n) is 15.8. The molecule has 0 bridgehead atoms. The van der Waals surface area contributed by atoms with Gasteiger partial charge in [0.15, 0.2) is 0 Å². The van der Waals surface area contributed by atoms with Crippen molar-refractivity contribution >= 4 is 46.6 Å². The second-order valence-electron chi connectivity index (χ2n) is 11.2. The lowest BCUT2D eigenvalue weighted by Gasteiger charge is -2.14. The van der Waals surface area contributed by atoms with E-state index in [9.17, 15) is 38.9 Å². The summed E-state index contributed by atoms with van der Waals surface area (Å²) < 4.78 is 20.8. The monoisotopic (exact) mass is 754 g/mol. The molecule has 0 aliphatic carbocycles. The molecule has 3 aromatic carbocycles. The van der Waals surface area contributed by atoms with Gasteiger partial charge in [-0.25, -0.2) is 19.2 Å². The molecule has 5 rings (SSSR count). The van der Waals surface area contributed by atoms with Gasteiger partial charge in [-0.15, -0.1) is 0 Å². The van der Waals surface area contributed by atoms with Crippen LogP contribution in [-0.2, 0) is 25.5 Å². The second kappa shape index (κ2) is 17.6. The van der Waals surface area contributed by atoms with E-state index in [4.69, 9.17) is 16.2 Å². The van der Waals surface area contributed by atoms with E-state index in [0.717, 1.165) is 29.4 Å². The van der Waals surface area contributed by atoms with Crippen molar-refractivity contribution in [3.63, 3.8) is 0 Å². The number of nitrogen functional groups attached to an aromatic ring is 2. The number of pyridine rings is 2. The molecule has 0 fully saturated rings. The van der Waals surface area contributed by atoms with Crippen LogP contribution >= 0.6 is 0 Å². The quantitative estimate of drug-likeness (QED) is 0.0606. The van der Waals surface area contributed by atoms with Crippen molar-refractivity contribution in [2.75, 3.05) is 45.2 Å². The fourth-order valence-corrected chi connectivity index (χ4v) is 5.08. The molecule has 55 heavy (non-hydrogen) atoms. The third kappa shape index (κ3) is 9.19. The predicted octanol–water partition coefficient (Wildman–Crippen LogP) is 3.51. The van der Waals surface area contributed by atoms with Crippen molar-refractivity contribution in [1.82, 2.24) is 9.13 Å². The van der Waals surface area contributed by atoms with E-state index in [0.29, 0.717) is 12.2 Å². The summed E-state index contributed by atoms with van der Waals surface area (Å²) in [5.41, 5.74) is 11.7. The van der Waals surface area contributed by atoms with Crippen molar-refractivity contribution in [1.29, 1.82) is 0 Å². The molecule has 18 nitrogen and oxygen atoms in total. The molecular weight excluding hydrogens is 720 g/mol. The van der Waals surface area contributed by atoms with Crippen LogP contribution in [0.4, 0.5) is 22.7 Å². The van der Waals surface area contributed by atoms with Crippen molar-refractivity contribution in [2.45, 2.75) is 6.54 Å². The molecule has 284 valence electrons. The highest BCUT2D eigenvalue weighted by molar-refractivity contribution is 5.97. The van der Waals surface area contributed by atoms with Gasteiger partial charge in [-0.05, 0) is 35.9 Å². The minimum absolute atomic E-state index is 0.0113. The Hall–Kier alpha value is -7.76. The summed E-state index contributed by atoms with van der Waals surface area (Å²) in [6, 6.07) is 19.6. The van der Waals surface area contributed by atoms with Crippen molar-refractivity contribution in [3.05, 3.63) is 150 Å². The van der Waals surface area contributed by atoms with E-state index in [-0.39, 0.29) is 45.0 Å². The standard InChI is InChI=1S/C22H19N3O7.C15H15N3O5/c1-31-21(27)16-9-8-15(10-19(16)25(29)30)24-13-17(22(28)32-2)18(11-20(24)26)23-12-14-6-4-3-5-7-14;1-22-14(20)9-4-3-8(5-11(9)16)18-7-10(15(21)23-2)12(17)6-13(18)19/h3-11,13,23H,12H2,1-2H3;3-7H,16-17H2,1-2H3. The lowest BCUT2D eigenvalue weighted by Crippen LogP contribution is -2.22. The number of nitro groups is 1. The summed E-state index contributed by atoms with van der Waals surface area (Å²) in [5.74, 6) is -2.84. The Kier molecular flexibility index (Phi) is 12.8. The minimum atomic E-state index is -0.883. The number of anilines is 3. The van der Waals surface area contributed by atoms with Crippen LogP contribution in [0.25, 0.3) is 11.4 Å². The van der Waals surface area contributed by atoms with Gasteiger partial charge in [0.05, 0.1) is 72.8 Å². The molecule has 0 aliphatic heterocycles. The van der Waals surface area contributed by atoms with Gasteiger partial charge < -0.3 is 35.7 Å². The number of esters is 4. The fourth-order valence-electron chi connectivity index (χ4n) is 5.08. The summed E-state index contributed by atoms with van der Waals surface area (Å²) in [4.78, 5) is 82.9. The molecule has 0 radical (unpaired) electrons. The smallest absolute Gasteiger partial charge is 0.344 e. The summed E-state index contributed by atoms with van der Waals surface area (Å²) in [7, 11) is 4.76. The van der Waals surface area contributed by atoms with Crippen LogP contribution in [0.1, 0.15) is 47.0 Å². The molecule has 0 atom stereocenters. The van der Waals surface area contributed by atoms with E-state index in [1.807, 2.05) is 30.3 Å². The first kappa shape index (κ1) is 40.0. The lowest BCUT2D eigenvalue weighted by atomic mass is 10.1. The Morgan fingerprint density at radius 3 is 1.67 bits per heavy atom. The molecule has 0 saturated heterocycles. The Morgan fingerprint density at radius 2 is 1.11 bits per heavy atom. The number of nitrogens with two attached hydrogens (primary N) is 2. The molecule has 2 heterocycles. The van der Waals surface area contributed by atoms with Crippen molar-refractivity contribution < 1.29 is 43.0 Å². The molecule has 0 aliphatic rings. The molecule has 18 heteroatoms. The van der Waals surface area contributed by atoms with Gasteiger partial charge in [-0.2, -0.15) is 0 Å². The van der Waals surface area contributed by atoms with Gasteiger partial charge in [-0.3, -0.25) is 28.8 Å².